The summed E-state index contributed by atoms with van der Waals surface area (Å²) in [5, 5.41) is 3.57. The van der Waals surface area contributed by atoms with Crippen LogP contribution in [-0.2, 0) is 6.18 Å². The van der Waals surface area contributed by atoms with Gasteiger partial charge in [0.15, 0.2) is 0 Å². The van der Waals surface area contributed by atoms with Crippen LogP contribution in [0, 0.1) is 0 Å². The Balaban J connectivity index is 1.92. The Kier molecular flexibility index (Phi) is 3.25. The van der Waals surface area contributed by atoms with Crippen LogP contribution in [-0.4, -0.2) is 9.97 Å². The van der Waals surface area contributed by atoms with Gasteiger partial charge < -0.3 is 10.3 Å². The largest absolute Gasteiger partial charge is 0.416 e. The molecule has 0 radical (unpaired) electrons. The van der Waals surface area contributed by atoms with Crippen LogP contribution >= 0.6 is 11.6 Å². The number of aromatic nitrogens is 2. The molecule has 0 saturated carbocycles. The number of rotatable bonds is 2. The molecule has 0 spiro atoms. The van der Waals surface area contributed by atoms with Crippen LogP contribution in [0.25, 0.3) is 11.0 Å². The molecule has 3 rings (SSSR count). The van der Waals surface area contributed by atoms with E-state index in [1.807, 2.05) is 0 Å². The summed E-state index contributed by atoms with van der Waals surface area (Å²) >= 11 is 5.78. The molecule has 0 aliphatic rings. The second-order valence-corrected chi connectivity index (χ2v) is 4.88. The van der Waals surface area contributed by atoms with Crippen LogP contribution in [0.3, 0.4) is 0 Å². The minimum Gasteiger partial charge on any atom is -0.326 e. The van der Waals surface area contributed by atoms with Crippen molar-refractivity contribution in [2.75, 3.05) is 5.32 Å². The number of alkyl halides is 3. The van der Waals surface area contributed by atoms with E-state index in [1.165, 1.54) is 6.07 Å². The highest BCUT2D eigenvalue weighted by atomic mass is 35.5. The van der Waals surface area contributed by atoms with Crippen molar-refractivity contribution in [2.24, 2.45) is 0 Å². The zero-order valence-electron chi connectivity index (χ0n) is 10.5. The quantitative estimate of drug-likeness (QED) is 0.701. The fraction of sp³-hybridized carbons (Fsp3) is 0.0714. The maximum absolute atomic E-state index is 12.6. The Morgan fingerprint density at radius 2 is 1.76 bits per heavy atom. The first kappa shape index (κ1) is 13.8. The predicted octanol–water partition coefficient (Wildman–Crippen LogP) is 4.98. The van der Waals surface area contributed by atoms with Crippen molar-refractivity contribution in [2.45, 2.75) is 6.18 Å². The van der Waals surface area contributed by atoms with E-state index in [2.05, 4.69) is 15.3 Å². The number of fused-ring (bicyclic) bond motifs is 1. The van der Waals surface area contributed by atoms with Crippen molar-refractivity contribution in [1.82, 2.24) is 9.97 Å². The van der Waals surface area contributed by atoms with E-state index in [9.17, 15) is 13.2 Å². The Morgan fingerprint density at radius 1 is 1.05 bits per heavy atom. The number of benzene rings is 2. The lowest BCUT2D eigenvalue weighted by Crippen LogP contribution is -2.04. The molecule has 0 fully saturated rings. The van der Waals surface area contributed by atoms with Gasteiger partial charge in [-0.05, 0) is 42.5 Å². The zero-order chi connectivity index (χ0) is 15.0. The van der Waals surface area contributed by atoms with Crippen LogP contribution < -0.4 is 5.32 Å². The summed E-state index contributed by atoms with van der Waals surface area (Å²) in [6, 6.07) is 10.3. The van der Waals surface area contributed by atoms with Crippen molar-refractivity contribution in [1.29, 1.82) is 0 Å². The first-order chi connectivity index (χ1) is 9.91. The van der Waals surface area contributed by atoms with Gasteiger partial charge >= 0.3 is 6.18 Å². The number of halogens is 4. The van der Waals surface area contributed by atoms with Gasteiger partial charge in [0.2, 0.25) is 5.95 Å². The van der Waals surface area contributed by atoms with Gasteiger partial charge in [-0.3, -0.25) is 0 Å². The maximum atomic E-state index is 12.6. The lowest BCUT2D eigenvalue weighted by Gasteiger charge is -2.05. The van der Waals surface area contributed by atoms with Crippen molar-refractivity contribution in [3.05, 3.63) is 53.1 Å². The summed E-state index contributed by atoms with van der Waals surface area (Å²) < 4.78 is 37.9. The maximum Gasteiger partial charge on any atom is 0.416 e. The first-order valence-corrected chi connectivity index (χ1v) is 6.39. The molecule has 0 bridgehead atoms. The highest BCUT2D eigenvalue weighted by molar-refractivity contribution is 6.30. The fourth-order valence-corrected chi connectivity index (χ4v) is 2.04. The van der Waals surface area contributed by atoms with Gasteiger partial charge in [0.1, 0.15) is 0 Å². The van der Waals surface area contributed by atoms with E-state index in [-0.39, 0.29) is 0 Å². The van der Waals surface area contributed by atoms with Crippen molar-refractivity contribution in [3.63, 3.8) is 0 Å². The second kappa shape index (κ2) is 4.96. The number of H-pyrrole nitrogens is 1. The Bertz CT molecular complexity index is 778. The van der Waals surface area contributed by atoms with Gasteiger partial charge in [0.05, 0.1) is 16.6 Å². The van der Waals surface area contributed by atoms with Crippen LogP contribution in [0.5, 0.6) is 0 Å². The molecule has 0 atom stereocenters. The summed E-state index contributed by atoms with van der Waals surface area (Å²) in [6.45, 7) is 0. The normalized spacial score (nSPS) is 11.8. The number of aromatic amines is 1. The summed E-state index contributed by atoms with van der Waals surface area (Å²) in [5.41, 5.74) is 0.798. The Morgan fingerprint density at radius 3 is 2.43 bits per heavy atom. The molecule has 0 aliphatic heterocycles. The molecule has 0 amide bonds. The fourth-order valence-electron chi connectivity index (χ4n) is 1.92. The molecule has 21 heavy (non-hydrogen) atoms. The van der Waals surface area contributed by atoms with Gasteiger partial charge in [-0.1, -0.05) is 11.6 Å². The van der Waals surface area contributed by atoms with Crippen LogP contribution in [0.2, 0.25) is 5.02 Å². The lowest BCUT2D eigenvalue weighted by atomic mass is 10.2. The van der Waals surface area contributed by atoms with Crippen molar-refractivity contribution < 1.29 is 13.2 Å². The molecule has 0 saturated heterocycles. The highest BCUT2D eigenvalue weighted by Gasteiger charge is 2.30. The number of nitrogens with zero attached hydrogens (tertiary/aromatic N) is 1. The molecular formula is C14H9ClF3N3. The van der Waals surface area contributed by atoms with Gasteiger partial charge in [0, 0.05) is 10.7 Å². The molecule has 108 valence electrons. The number of nitrogens with one attached hydrogen (secondary N) is 2. The van der Waals surface area contributed by atoms with E-state index in [0.29, 0.717) is 22.0 Å². The molecular weight excluding hydrogens is 303 g/mol. The zero-order valence-corrected chi connectivity index (χ0v) is 11.3. The predicted molar refractivity (Wildman–Crippen MR) is 75.8 cm³/mol. The van der Waals surface area contributed by atoms with Gasteiger partial charge in [0.25, 0.3) is 0 Å². The standard InChI is InChI=1S/C14H9ClF3N3/c15-9-2-4-10(5-3-9)19-13-20-11-6-1-8(14(16,17)18)7-12(11)21-13/h1-7H,(H2,19,20,21). The summed E-state index contributed by atoms with van der Waals surface area (Å²) in [5.74, 6) is 0.367. The molecule has 7 heteroatoms. The smallest absolute Gasteiger partial charge is 0.326 e. The number of hydrogen-bond donors (Lipinski definition) is 2. The minimum absolute atomic E-state index is 0.321. The molecule has 0 unspecified atom stereocenters. The summed E-state index contributed by atoms with van der Waals surface area (Å²) in [7, 11) is 0. The number of imidazole rings is 1. The average molecular weight is 312 g/mol. The van der Waals surface area contributed by atoms with Crippen molar-refractivity contribution in [3.8, 4) is 0 Å². The van der Waals surface area contributed by atoms with E-state index >= 15 is 0 Å². The Hall–Kier alpha value is -2.21. The van der Waals surface area contributed by atoms with E-state index in [1.54, 1.807) is 24.3 Å². The van der Waals surface area contributed by atoms with E-state index in [4.69, 9.17) is 11.6 Å². The summed E-state index contributed by atoms with van der Waals surface area (Å²) in [4.78, 5) is 7.00. The molecule has 3 aromatic rings. The van der Waals surface area contributed by atoms with E-state index < -0.39 is 11.7 Å². The molecule has 2 N–H and O–H groups in total. The number of hydrogen-bond acceptors (Lipinski definition) is 2. The van der Waals surface area contributed by atoms with Crippen LogP contribution in [0.15, 0.2) is 42.5 Å². The van der Waals surface area contributed by atoms with E-state index in [0.717, 1.165) is 17.8 Å². The third kappa shape index (κ3) is 2.95. The number of anilines is 2. The second-order valence-electron chi connectivity index (χ2n) is 4.45. The highest BCUT2D eigenvalue weighted by Crippen LogP contribution is 2.31. The van der Waals surface area contributed by atoms with Crippen LogP contribution in [0.4, 0.5) is 24.8 Å². The molecule has 1 heterocycles. The summed E-state index contributed by atoms with van der Waals surface area (Å²) in [6.07, 6.45) is -4.37. The minimum atomic E-state index is -4.37. The third-order valence-corrected chi connectivity index (χ3v) is 3.17. The average Bonchev–Trinajstić information content (AvgIpc) is 2.81. The molecule has 2 aromatic carbocycles. The monoisotopic (exact) mass is 311 g/mol. The third-order valence-electron chi connectivity index (χ3n) is 2.92. The molecule has 1 aromatic heterocycles. The lowest BCUT2D eigenvalue weighted by molar-refractivity contribution is -0.137. The van der Waals surface area contributed by atoms with Gasteiger partial charge in [-0.15, -0.1) is 0 Å². The van der Waals surface area contributed by atoms with Gasteiger partial charge in [-0.25, -0.2) is 4.98 Å². The van der Waals surface area contributed by atoms with Crippen LogP contribution in [0.1, 0.15) is 5.56 Å². The molecule has 0 aliphatic carbocycles. The topological polar surface area (TPSA) is 40.7 Å². The Labute approximate surface area is 122 Å². The van der Waals surface area contributed by atoms with Crippen molar-refractivity contribution >= 4 is 34.3 Å². The van der Waals surface area contributed by atoms with Gasteiger partial charge in [-0.2, -0.15) is 13.2 Å². The first-order valence-electron chi connectivity index (χ1n) is 6.01. The SMILES string of the molecule is FC(F)(F)c1ccc2nc(Nc3ccc(Cl)cc3)[nH]c2c1. The molecule has 3 nitrogen and oxygen atoms in total.